The Morgan fingerprint density at radius 2 is 0.844 bits per heavy atom. The van der Waals surface area contributed by atoms with Crippen molar-refractivity contribution in [3.63, 3.8) is 0 Å². The van der Waals surface area contributed by atoms with Gasteiger partial charge in [0.25, 0.3) is 0 Å². The monoisotopic (exact) mass is 834 g/mol. The van der Waals surface area contributed by atoms with Crippen LogP contribution >= 0.6 is 11.3 Å². The van der Waals surface area contributed by atoms with Crippen LogP contribution in [0.15, 0.2) is 211 Å². The largest absolute Gasteiger partial charge is 0.456 e. The van der Waals surface area contributed by atoms with Crippen LogP contribution in [0.4, 0.5) is 0 Å². The quantitative estimate of drug-likeness (QED) is 0.156. The molecule has 0 radical (unpaired) electrons. The van der Waals surface area contributed by atoms with Gasteiger partial charge in [0.2, 0.25) is 0 Å². The van der Waals surface area contributed by atoms with Crippen LogP contribution in [0, 0.1) is 0 Å². The van der Waals surface area contributed by atoms with Crippen LogP contribution < -0.4 is 0 Å². The molecule has 0 N–H and O–H groups in total. The summed E-state index contributed by atoms with van der Waals surface area (Å²) in [6, 6.07) is 72.1. The summed E-state index contributed by atoms with van der Waals surface area (Å²) in [5.41, 5.74) is 12.1. The van der Waals surface area contributed by atoms with Gasteiger partial charge in [-0.05, 0) is 76.9 Å². The van der Waals surface area contributed by atoms with Crippen molar-refractivity contribution in [1.82, 2.24) is 19.9 Å². The molecular weight excluding hydrogens is 801 g/mol. The molecule has 4 heterocycles. The van der Waals surface area contributed by atoms with E-state index < -0.39 is 0 Å². The second kappa shape index (κ2) is 14.7. The summed E-state index contributed by atoms with van der Waals surface area (Å²) in [4.78, 5) is 20.0. The fourth-order valence-corrected chi connectivity index (χ4v) is 10.3. The normalized spacial score (nSPS) is 11.8. The molecule has 0 bridgehead atoms. The lowest BCUT2D eigenvalue weighted by Crippen LogP contribution is -2.00. The first-order valence-corrected chi connectivity index (χ1v) is 22.2. The maximum atomic E-state index is 6.58. The number of furan rings is 1. The number of nitrogens with zero attached hydrogens (tertiary/aromatic N) is 4. The lowest BCUT2D eigenvalue weighted by Gasteiger charge is -2.12. The molecule has 13 aromatic rings. The Morgan fingerprint density at radius 3 is 1.59 bits per heavy atom. The summed E-state index contributed by atoms with van der Waals surface area (Å²) >= 11 is 1.85. The van der Waals surface area contributed by atoms with E-state index in [-0.39, 0.29) is 0 Å². The Morgan fingerprint density at radius 1 is 0.297 bits per heavy atom. The smallest absolute Gasteiger partial charge is 0.164 e. The fraction of sp³-hybridized carbons (Fsp3) is 0. The van der Waals surface area contributed by atoms with Gasteiger partial charge in [-0.2, -0.15) is 0 Å². The molecule has 0 spiro atoms. The van der Waals surface area contributed by atoms with Crippen LogP contribution in [0.1, 0.15) is 0 Å². The van der Waals surface area contributed by atoms with Crippen LogP contribution in [0.5, 0.6) is 0 Å². The van der Waals surface area contributed by atoms with Crippen LogP contribution in [-0.4, -0.2) is 19.9 Å². The predicted molar refractivity (Wildman–Crippen MR) is 265 cm³/mol. The third-order valence-corrected chi connectivity index (χ3v) is 13.4. The van der Waals surface area contributed by atoms with Gasteiger partial charge in [-0.15, -0.1) is 11.3 Å². The Bertz CT molecular complexity index is 3900. The number of aromatic nitrogens is 4. The van der Waals surface area contributed by atoms with Gasteiger partial charge in [-0.1, -0.05) is 152 Å². The molecule has 0 saturated carbocycles. The summed E-state index contributed by atoms with van der Waals surface area (Å²) in [5, 5.41) is 8.26. The topological polar surface area (TPSA) is 64.7 Å². The predicted octanol–water partition coefficient (Wildman–Crippen LogP) is 15.8. The highest BCUT2D eigenvalue weighted by atomic mass is 32.1. The number of fused-ring (bicyclic) bond motifs is 10. The molecule has 4 aromatic heterocycles. The molecule has 6 heteroatoms. The number of rotatable bonds is 6. The number of thiophene rings is 1. The molecule has 64 heavy (non-hydrogen) atoms. The first-order chi connectivity index (χ1) is 31.7. The minimum Gasteiger partial charge on any atom is -0.456 e. The van der Waals surface area contributed by atoms with Crippen molar-refractivity contribution in [3.8, 4) is 67.7 Å². The summed E-state index contributed by atoms with van der Waals surface area (Å²) < 4.78 is 9.11. The van der Waals surface area contributed by atoms with E-state index in [1.165, 1.54) is 30.9 Å². The first kappa shape index (κ1) is 36.3. The van der Waals surface area contributed by atoms with E-state index in [1.54, 1.807) is 0 Å². The summed E-state index contributed by atoms with van der Waals surface area (Å²) in [5.74, 6) is 1.91. The molecule has 298 valence electrons. The number of hydrogen-bond donors (Lipinski definition) is 0. The first-order valence-electron chi connectivity index (χ1n) is 21.4. The third-order valence-electron chi connectivity index (χ3n) is 12.3. The maximum absolute atomic E-state index is 6.58. The Balaban J connectivity index is 0.893. The van der Waals surface area contributed by atoms with Gasteiger partial charge in [0.1, 0.15) is 11.2 Å². The summed E-state index contributed by atoms with van der Waals surface area (Å²) in [6.07, 6.45) is 0. The van der Waals surface area contributed by atoms with E-state index in [1.807, 2.05) is 72.0 Å². The van der Waals surface area contributed by atoms with Crippen molar-refractivity contribution in [2.75, 3.05) is 0 Å². The number of hydrogen-bond acceptors (Lipinski definition) is 6. The highest BCUT2D eigenvalue weighted by molar-refractivity contribution is 7.26. The molecule has 0 aliphatic heterocycles. The second-order valence-electron chi connectivity index (χ2n) is 16.2. The Hall–Kier alpha value is -8.32. The van der Waals surface area contributed by atoms with Crippen molar-refractivity contribution in [1.29, 1.82) is 0 Å². The van der Waals surface area contributed by atoms with Crippen LogP contribution in [0.3, 0.4) is 0 Å². The van der Waals surface area contributed by atoms with E-state index in [9.17, 15) is 0 Å². The van der Waals surface area contributed by atoms with Gasteiger partial charge in [0.05, 0.1) is 11.2 Å². The molecule has 0 fully saturated rings. The zero-order valence-electron chi connectivity index (χ0n) is 34.2. The highest BCUT2D eigenvalue weighted by Crippen LogP contribution is 2.45. The Kier molecular flexibility index (Phi) is 8.32. The minimum atomic E-state index is 0.626. The molecule has 13 rings (SSSR count). The number of pyridine rings is 1. The van der Waals surface area contributed by atoms with E-state index in [0.717, 1.165) is 83.0 Å². The van der Waals surface area contributed by atoms with E-state index in [0.29, 0.717) is 17.5 Å². The van der Waals surface area contributed by atoms with Crippen LogP contribution in [0.25, 0.3) is 131 Å². The SMILES string of the molecule is c1ccc(-c2nc(-c3ccccc3)nc(-c3cccc(-c4ccc5oc6cc(-c7ccc8sc9ccc%10c(-c%11ccccc%11)nc%11ccccc%11c%10c9c8c7)ccc6c5c4)c3)n2)cc1. The van der Waals surface area contributed by atoms with Crippen LogP contribution in [-0.2, 0) is 0 Å². The number of benzene rings is 9. The lowest BCUT2D eigenvalue weighted by atomic mass is 9.95. The maximum Gasteiger partial charge on any atom is 0.164 e. The van der Waals surface area contributed by atoms with Gasteiger partial charge in [-0.3, -0.25) is 0 Å². The van der Waals surface area contributed by atoms with Crippen molar-refractivity contribution < 1.29 is 4.42 Å². The van der Waals surface area contributed by atoms with E-state index >= 15 is 0 Å². The molecule has 0 saturated heterocycles. The average Bonchev–Trinajstić information content (AvgIpc) is 3.94. The van der Waals surface area contributed by atoms with Crippen molar-refractivity contribution in [2.24, 2.45) is 0 Å². The fourth-order valence-electron chi connectivity index (χ4n) is 9.22. The van der Waals surface area contributed by atoms with E-state index in [4.69, 9.17) is 24.4 Å². The zero-order valence-corrected chi connectivity index (χ0v) is 35.1. The van der Waals surface area contributed by atoms with Crippen LogP contribution in [0.2, 0.25) is 0 Å². The van der Waals surface area contributed by atoms with Crippen molar-refractivity contribution in [2.45, 2.75) is 0 Å². The molecule has 0 atom stereocenters. The number of para-hydroxylation sites is 1. The van der Waals surface area contributed by atoms with Gasteiger partial charge in [-0.25, -0.2) is 19.9 Å². The molecule has 0 amide bonds. The Labute approximate surface area is 371 Å². The van der Waals surface area contributed by atoms with Gasteiger partial charge in [0, 0.05) is 69.4 Å². The standard InChI is InChI=1S/C58H34N4OS/c1-4-13-35(14-5-1)55-45-27-30-52-54(53(45)44-21-10-11-22-48(44)59-55)47-33-40(25-29-51(47)64-52)41-23-26-43-46-32-39(24-28-49(46)63-50(43)34-41)38-19-12-20-42(31-38)58-61-56(36-15-6-2-7-16-36)60-57(62-58)37-17-8-3-9-18-37/h1-34H. The molecule has 9 aromatic carbocycles. The highest BCUT2D eigenvalue weighted by Gasteiger charge is 2.18. The van der Waals surface area contributed by atoms with Gasteiger partial charge >= 0.3 is 0 Å². The van der Waals surface area contributed by atoms with E-state index in [2.05, 4.69) is 146 Å². The van der Waals surface area contributed by atoms with Crippen molar-refractivity contribution in [3.05, 3.63) is 206 Å². The molecule has 5 nitrogen and oxygen atoms in total. The molecule has 0 aliphatic carbocycles. The van der Waals surface area contributed by atoms with Crippen molar-refractivity contribution >= 4 is 75.1 Å². The zero-order chi connectivity index (χ0) is 42.1. The second-order valence-corrected chi connectivity index (χ2v) is 17.2. The third kappa shape index (κ3) is 6.07. The minimum absolute atomic E-state index is 0.626. The summed E-state index contributed by atoms with van der Waals surface area (Å²) in [7, 11) is 0. The molecule has 0 unspecified atom stereocenters. The summed E-state index contributed by atoms with van der Waals surface area (Å²) in [6.45, 7) is 0. The van der Waals surface area contributed by atoms with Gasteiger partial charge < -0.3 is 4.42 Å². The van der Waals surface area contributed by atoms with Gasteiger partial charge in [0.15, 0.2) is 17.5 Å². The molecule has 0 aliphatic rings. The molecular formula is C58H34N4OS. The average molecular weight is 835 g/mol. The lowest BCUT2D eigenvalue weighted by molar-refractivity contribution is 0.669.